The molecule has 82 valence electrons. The lowest BCUT2D eigenvalue weighted by Crippen LogP contribution is -1.94. The van der Waals surface area contributed by atoms with Crippen molar-refractivity contribution in [1.29, 1.82) is 0 Å². The zero-order valence-electron chi connectivity index (χ0n) is 9.17. The van der Waals surface area contributed by atoms with E-state index in [0.717, 1.165) is 22.0 Å². The van der Waals surface area contributed by atoms with Crippen LogP contribution < -0.4 is 5.73 Å². The molecule has 0 aliphatic rings. The van der Waals surface area contributed by atoms with Crippen LogP contribution in [-0.4, -0.2) is 9.97 Å². The summed E-state index contributed by atoms with van der Waals surface area (Å²) in [7, 11) is 0. The number of hydrogen-bond donors (Lipinski definition) is 1. The Hall–Kier alpha value is -2.42. The molecule has 0 bridgehead atoms. The molecule has 0 radical (unpaired) electrons. The van der Waals surface area contributed by atoms with Gasteiger partial charge in [-0.1, -0.05) is 30.3 Å². The van der Waals surface area contributed by atoms with Crippen LogP contribution in [0.2, 0.25) is 0 Å². The molecule has 0 atom stereocenters. The van der Waals surface area contributed by atoms with E-state index in [-0.39, 0.29) is 0 Å². The third-order valence-electron chi connectivity index (χ3n) is 2.73. The molecule has 0 aliphatic heterocycles. The molecule has 0 saturated carbocycles. The van der Waals surface area contributed by atoms with Gasteiger partial charge in [-0.3, -0.25) is 4.98 Å². The van der Waals surface area contributed by atoms with Crippen LogP contribution >= 0.6 is 0 Å². The molecule has 3 rings (SSSR count). The largest absolute Gasteiger partial charge is 0.383 e. The number of hydrogen-bond acceptors (Lipinski definition) is 3. The van der Waals surface area contributed by atoms with Gasteiger partial charge in [0.05, 0.1) is 5.69 Å². The average Bonchev–Trinajstić information content (AvgIpc) is 2.40. The summed E-state index contributed by atoms with van der Waals surface area (Å²) in [6, 6.07) is 13.9. The quantitative estimate of drug-likeness (QED) is 0.687. The van der Waals surface area contributed by atoms with Crippen LogP contribution in [0.25, 0.3) is 22.0 Å². The van der Waals surface area contributed by atoms with Crippen molar-refractivity contribution in [1.82, 2.24) is 9.97 Å². The summed E-state index contributed by atoms with van der Waals surface area (Å²) in [5, 5.41) is 1.96. The van der Waals surface area contributed by atoms with E-state index in [4.69, 9.17) is 5.73 Å². The first-order chi connectivity index (χ1) is 8.34. The molecule has 2 aromatic heterocycles. The minimum Gasteiger partial charge on any atom is -0.383 e. The first-order valence-electron chi connectivity index (χ1n) is 5.40. The Balaban J connectivity index is 2.26. The molecule has 0 amide bonds. The number of aromatic nitrogens is 2. The van der Waals surface area contributed by atoms with Crippen molar-refractivity contribution in [3.63, 3.8) is 0 Å². The molecule has 1 aromatic carbocycles. The number of benzene rings is 1. The fourth-order valence-corrected chi connectivity index (χ4v) is 1.88. The van der Waals surface area contributed by atoms with E-state index in [1.807, 2.05) is 42.5 Å². The molecular weight excluding hydrogens is 210 g/mol. The van der Waals surface area contributed by atoms with Gasteiger partial charge in [-0.25, -0.2) is 4.98 Å². The zero-order chi connectivity index (χ0) is 11.7. The van der Waals surface area contributed by atoms with E-state index >= 15 is 0 Å². The van der Waals surface area contributed by atoms with Crippen LogP contribution in [0, 0.1) is 0 Å². The van der Waals surface area contributed by atoms with Gasteiger partial charge >= 0.3 is 0 Å². The molecule has 0 unspecified atom stereocenters. The molecule has 0 saturated heterocycles. The van der Waals surface area contributed by atoms with E-state index in [0.29, 0.717) is 5.82 Å². The highest BCUT2D eigenvalue weighted by Crippen LogP contribution is 2.25. The molecule has 0 fully saturated rings. The maximum atomic E-state index is 5.96. The van der Waals surface area contributed by atoms with Gasteiger partial charge in [-0.15, -0.1) is 0 Å². The number of fused-ring (bicyclic) bond motifs is 1. The number of anilines is 1. The summed E-state index contributed by atoms with van der Waals surface area (Å²) >= 11 is 0. The van der Waals surface area contributed by atoms with Crippen molar-refractivity contribution in [3.8, 4) is 11.3 Å². The Labute approximate surface area is 98.9 Å². The van der Waals surface area contributed by atoms with Gasteiger partial charge in [0.15, 0.2) is 0 Å². The van der Waals surface area contributed by atoms with Crippen molar-refractivity contribution in [2.24, 2.45) is 0 Å². The Morgan fingerprint density at radius 3 is 2.65 bits per heavy atom. The Morgan fingerprint density at radius 1 is 1.00 bits per heavy atom. The maximum Gasteiger partial charge on any atom is 0.132 e. The molecule has 3 nitrogen and oxygen atoms in total. The summed E-state index contributed by atoms with van der Waals surface area (Å²) in [5.41, 5.74) is 7.89. The van der Waals surface area contributed by atoms with Crippen LogP contribution in [0.1, 0.15) is 0 Å². The van der Waals surface area contributed by atoms with Gasteiger partial charge < -0.3 is 5.73 Å². The smallest absolute Gasteiger partial charge is 0.132 e. The molecule has 17 heavy (non-hydrogen) atoms. The first kappa shape index (κ1) is 9.78. The second-order valence-corrected chi connectivity index (χ2v) is 3.86. The third-order valence-corrected chi connectivity index (χ3v) is 2.73. The maximum absolute atomic E-state index is 5.96. The van der Waals surface area contributed by atoms with Crippen molar-refractivity contribution >= 4 is 16.6 Å². The predicted octanol–water partition coefficient (Wildman–Crippen LogP) is 2.88. The molecule has 2 N–H and O–H groups in total. The van der Waals surface area contributed by atoms with Gasteiger partial charge in [-0.2, -0.15) is 0 Å². The highest BCUT2D eigenvalue weighted by molar-refractivity contribution is 5.92. The lowest BCUT2D eigenvalue weighted by atomic mass is 10.1. The molecule has 3 aromatic rings. The van der Waals surface area contributed by atoms with Crippen LogP contribution in [-0.2, 0) is 0 Å². The fourth-order valence-electron chi connectivity index (χ4n) is 1.88. The SMILES string of the molecule is Nc1nc(-c2ccccc2)cc2cnccc12. The second kappa shape index (κ2) is 3.87. The highest BCUT2D eigenvalue weighted by Gasteiger charge is 2.04. The normalized spacial score (nSPS) is 10.6. The fraction of sp³-hybridized carbons (Fsp3) is 0. The van der Waals surface area contributed by atoms with Crippen molar-refractivity contribution in [3.05, 3.63) is 54.9 Å². The van der Waals surface area contributed by atoms with Crippen LogP contribution in [0.4, 0.5) is 5.82 Å². The second-order valence-electron chi connectivity index (χ2n) is 3.86. The van der Waals surface area contributed by atoms with Gasteiger partial charge in [-0.05, 0) is 12.1 Å². The number of pyridine rings is 2. The van der Waals surface area contributed by atoms with Gasteiger partial charge in [0.1, 0.15) is 5.82 Å². The number of nitrogens with zero attached hydrogens (tertiary/aromatic N) is 2. The van der Waals surface area contributed by atoms with Gasteiger partial charge in [0.25, 0.3) is 0 Å². The molecule has 3 heteroatoms. The Morgan fingerprint density at radius 2 is 1.82 bits per heavy atom. The van der Waals surface area contributed by atoms with Crippen molar-refractivity contribution < 1.29 is 0 Å². The topological polar surface area (TPSA) is 51.8 Å². The molecule has 2 heterocycles. The molecule has 0 aliphatic carbocycles. The molecular formula is C14H11N3. The first-order valence-corrected chi connectivity index (χ1v) is 5.40. The minimum atomic E-state index is 0.545. The lowest BCUT2D eigenvalue weighted by molar-refractivity contribution is 1.32. The third kappa shape index (κ3) is 1.72. The summed E-state index contributed by atoms with van der Waals surface area (Å²) in [6.45, 7) is 0. The van der Waals surface area contributed by atoms with Gasteiger partial charge in [0, 0.05) is 28.7 Å². The monoisotopic (exact) mass is 221 g/mol. The summed E-state index contributed by atoms with van der Waals surface area (Å²) in [5.74, 6) is 0.545. The Bertz CT molecular complexity index is 663. The van der Waals surface area contributed by atoms with E-state index in [9.17, 15) is 0 Å². The number of nitrogens with two attached hydrogens (primary N) is 1. The number of rotatable bonds is 1. The van der Waals surface area contributed by atoms with Crippen LogP contribution in [0.5, 0.6) is 0 Å². The minimum absolute atomic E-state index is 0.545. The standard InChI is InChI=1S/C14H11N3/c15-14-12-6-7-16-9-11(12)8-13(17-14)10-4-2-1-3-5-10/h1-9H,(H2,15,17). The van der Waals surface area contributed by atoms with Crippen LogP contribution in [0.15, 0.2) is 54.9 Å². The predicted molar refractivity (Wildman–Crippen MR) is 69.4 cm³/mol. The summed E-state index contributed by atoms with van der Waals surface area (Å²) in [4.78, 5) is 8.53. The summed E-state index contributed by atoms with van der Waals surface area (Å²) < 4.78 is 0. The summed E-state index contributed by atoms with van der Waals surface area (Å²) in [6.07, 6.45) is 3.53. The Kier molecular flexibility index (Phi) is 2.22. The molecule has 0 spiro atoms. The van der Waals surface area contributed by atoms with Crippen molar-refractivity contribution in [2.75, 3.05) is 5.73 Å². The number of nitrogen functional groups attached to an aromatic ring is 1. The zero-order valence-corrected chi connectivity index (χ0v) is 9.17. The van der Waals surface area contributed by atoms with Crippen LogP contribution in [0.3, 0.4) is 0 Å². The van der Waals surface area contributed by atoms with Gasteiger partial charge in [0.2, 0.25) is 0 Å². The van der Waals surface area contributed by atoms with E-state index in [1.165, 1.54) is 0 Å². The van der Waals surface area contributed by atoms with E-state index in [2.05, 4.69) is 9.97 Å². The van der Waals surface area contributed by atoms with E-state index in [1.54, 1.807) is 12.4 Å². The van der Waals surface area contributed by atoms with E-state index < -0.39 is 0 Å². The lowest BCUT2D eigenvalue weighted by Gasteiger charge is -2.05. The highest BCUT2D eigenvalue weighted by atomic mass is 14.8. The van der Waals surface area contributed by atoms with Crippen molar-refractivity contribution in [2.45, 2.75) is 0 Å². The average molecular weight is 221 g/mol.